The predicted octanol–water partition coefficient (Wildman–Crippen LogP) is 4.88. The second-order valence-electron chi connectivity index (χ2n) is 12.8. The van der Waals surface area contributed by atoms with Crippen molar-refractivity contribution in [1.82, 2.24) is 19.4 Å². The summed E-state index contributed by atoms with van der Waals surface area (Å²) in [6, 6.07) is 9.63. The van der Waals surface area contributed by atoms with Gasteiger partial charge in [-0.25, -0.2) is 13.4 Å². The Labute approximate surface area is 223 Å². The van der Waals surface area contributed by atoms with Crippen LogP contribution in [0.3, 0.4) is 0 Å². The van der Waals surface area contributed by atoms with E-state index in [0.29, 0.717) is 4.90 Å². The molecule has 1 aromatic carbocycles. The van der Waals surface area contributed by atoms with E-state index in [1.54, 1.807) is 12.1 Å². The second-order valence-corrected chi connectivity index (χ2v) is 14.8. The molecule has 202 valence electrons. The van der Waals surface area contributed by atoms with Gasteiger partial charge in [0.1, 0.15) is 5.82 Å². The maximum Gasteiger partial charge on any atom is 0.175 e. The van der Waals surface area contributed by atoms with E-state index < -0.39 is 9.84 Å². The number of likely N-dealkylation sites (tertiary alicyclic amines) is 1. The van der Waals surface area contributed by atoms with E-state index in [1.807, 2.05) is 12.1 Å². The summed E-state index contributed by atoms with van der Waals surface area (Å²) in [5.74, 6) is 3.52. The van der Waals surface area contributed by atoms with Crippen molar-refractivity contribution in [2.45, 2.75) is 94.8 Å². The zero-order valence-corrected chi connectivity index (χ0v) is 23.7. The molecule has 3 atom stereocenters. The average molecular weight is 525 g/mol. The fourth-order valence-electron chi connectivity index (χ4n) is 7.89. The van der Waals surface area contributed by atoms with Crippen molar-refractivity contribution >= 4 is 9.84 Å². The van der Waals surface area contributed by atoms with Crippen LogP contribution in [-0.2, 0) is 22.8 Å². The van der Waals surface area contributed by atoms with Crippen molar-refractivity contribution < 1.29 is 8.42 Å². The van der Waals surface area contributed by atoms with Crippen LogP contribution in [0.15, 0.2) is 35.4 Å². The number of fused-ring (bicyclic) bond motifs is 3. The van der Waals surface area contributed by atoms with Crippen molar-refractivity contribution in [1.29, 1.82) is 0 Å². The highest BCUT2D eigenvalue weighted by Gasteiger charge is 2.43. The van der Waals surface area contributed by atoms with Gasteiger partial charge in [-0.05, 0) is 87.9 Å². The number of benzene rings is 1. The predicted molar refractivity (Wildman–Crippen MR) is 148 cm³/mol. The van der Waals surface area contributed by atoms with Crippen molar-refractivity contribution in [3.8, 4) is 11.3 Å². The molecule has 5 heterocycles. The molecule has 0 aliphatic carbocycles. The van der Waals surface area contributed by atoms with E-state index in [1.165, 1.54) is 76.7 Å². The Morgan fingerprint density at radius 3 is 2.22 bits per heavy atom. The van der Waals surface area contributed by atoms with Crippen LogP contribution in [0.5, 0.6) is 0 Å². The smallest absolute Gasteiger partial charge is 0.175 e. The van der Waals surface area contributed by atoms with Crippen LogP contribution in [0.1, 0.15) is 64.6 Å². The zero-order valence-electron chi connectivity index (χ0n) is 22.8. The van der Waals surface area contributed by atoms with Gasteiger partial charge in [0.05, 0.1) is 10.6 Å². The number of sulfone groups is 1. The fraction of sp³-hybridized carbons (Fsp3) is 0.700. The molecule has 1 aromatic heterocycles. The van der Waals surface area contributed by atoms with Gasteiger partial charge in [0.15, 0.2) is 9.84 Å². The molecule has 3 saturated heterocycles. The highest BCUT2D eigenvalue weighted by molar-refractivity contribution is 7.90. The molecule has 4 aliphatic heterocycles. The first-order chi connectivity index (χ1) is 17.7. The van der Waals surface area contributed by atoms with Gasteiger partial charge >= 0.3 is 0 Å². The molecule has 0 saturated carbocycles. The molecule has 0 amide bonds. The lowest BCUT2D eigenvalue weighted by atomic mass is 9.79. The van der Waals surface area contributed by atoms with Crippen LogP contribution >= 0.6 is 0 Å². The first kappa shape index (κ1) is 25.6. The number of aromatic nitrogens is 2. The normalized spacial score (nSPS) is 29.6. The summed E-state index contributed by atoms with van der Waals surface area (Å²) in [5, 5.41) is 0. The maximum absolute atomic E-state index is 11.8. The van der Waals surface area contributed by atoms with Gasteiger partial charge < -0.3 is 9.47 Å². The SMILES string of the molecule is CC(C)CN1C2CCC1CC(N1CCC([C@H]3CCc4nc(-c5ccc(S(C)(=O)=O)cc5)cn4C3)CC1)C2. The molecule has 2 unspecified atom stereocenters. The Bertz CT molecular complexity index is 1180. The van der Waals surface area contributed by atoms with Crippen LogP contribution in [0.2, 0.25) is 0 Å². The average Bonchev–Trinajstić information content (AvgIpc) is 3.39. The second kappa shape index (κ2) is 10.1. The number of aryl methyl sites for hydroxylation is 1. The molecular formula is C30H44N4O2S. The minimum atomic E-state index is -3.18. The third kappa shape index (κ3) is 5.28. The number of hydrogen-bond acceptors (Lipinski definition) is 5. The van der Waals surface area contributed by atoms with Gasteiger partial charge in [-0.3, -0.25) is 4.90 Å². The summed E-state index contributed by atoms with van der Waals surface area (Å²) < 4.78 is 26.0. The van der Waals surface area contributed by atoms with E-state index >= 15 is 0 Å². The number of hydrogen-bond donors (Lipinski definition) is 0. The fourth-order valence-corrected chi connectivity index (χ4v) is 8.52. The molecule has 37 heavy (non-hydrogen) atoms. The zero-order chi connectivity index (χ0) is 25.7. The van der Waals surface area contributed by atoms with Crippen molar-refractivity contribution in [2.75, 3.05) is 25.9 Å². The van der Waals surface area contributed by atoms with E-state index in [9.17, 15) is 8.42 Å². The van der Waals surface area contributed by atoms with Crippen LogP contribution in [0.25, 0.3) is 11.3 Å². The summed E-state index contributed by atoms with van der Waals surface area (Å²) in [6.07, 6.45) is 14.0. The lowest BCUT2D eigenvalue weighted by molar-refractivity contribution is 0.0263. The van der Waals surface area contributed by atoms with E-state index in [-0.39, 0.29) is 0 Å². The minimum Gasteiger partial charge on any atom is -0.334 e. The molecule has 7 heteroatoms. The topological polar surface area (TPSA) is 58.4 Å². The summed E-state index contributed by atoms with van der Waals surface area (Å²) in [5.41, 5.74) is 1.96. The van der Waals surface area contributed by atoms with Crippen molar-refractivity contribution in [3.63, 3.8) is 0 Å². The first-order valence-electron chi connectivity index (χ1n) is 14.6. The summed E-state index contributed by atoms with van der Waals surface area (Å²) in [6.45, 7) is 9.66. The Hall–Kier alpha value is -1.70. The third-order valence-electron chi connectivity index (χ3n) is 9.80. The summed E-state index contributed by atoms with van der Waals surface area (Å²) >= 11 is 0. The van der Waals surface area contributed by atoms with E-state index in [2.05, 4.69) is 34.4 Å². The van der Waals surface area contributed by atoms with Gasteiger partial charge in [-0.1, -0.05) is 26.0 Å². The molecule has 3 fully saturated rings. The van der Waals surface area contributed by atoms with Gasteiger partial charge in [0.25, 0.3) is 0 Å². The lowest BCUT2D eigenvalue weighted by Gasteiger charge is -2.46. The molecule has 6 nitrogen and oxygen atoms in total. The Balaban J connectivity index is 1.04. The molecule has 6 rings (SSSR count). The standard InChI is InChI=1S/C30H44N4O2S/c1-21(2)18-34-25-7-8-26(34)17-27(16-25)32-14-12-22(13-15-32)24-6-11-30-31-29(20-33(30)19-24)23-4-9-28(10-5-23)37(3,35)36/h4-5,9-10,20-22,24-27H,6-8,11-19H2,1-3H3/t24-,25?,26?,27?/m0/s1. The van der Waals surface area contributed by atoms with Gasteiger partial charge in [0, 0.05) is 55.7 Å². The van der Waals surface area contributed by atoms with Gasteiger partial charge in [0.2, 0.25) is 0 Å². The number of nitrogens with zero attached hydrogens (tertiary/aromatic N) is 4. The quantitative estimate of drug-likeness (QED) is 0.539. The molecule has 0 N–H and O–H groups in total. The van der Waals surface area contributed by atoms with Gasteiger partial charge in [-0.2, -0.15) is 0 Å². The van der Waals surface area contributed by atoms with E-state index in [0.717, 1.165) is 60.1 Å². The van der Waals surface area contributed by atoms with Crippen LogP contribution in [0, 0.1) is 17.8 Å². The number of imidazole rings is 1. The van der Waals surface area contributed by atoms with Crippen molar-refractivity contribution in [3.05, 3.63) is 36.3 Å². The Morgan fingerprint density at radius 2 is 1.59 bits per heavy atom. The highest BCUT2D eigenvalue weighted by atomic mass is 32.2. The third-order valence-corrected chi connectivity index (χ3v) is 10.9. The number of piperidine rings is 2. The summed E-state index contributed by atoms with van der Waals surface area (Å²) in [7, 11) is -3.18. The number of rotatable bonds is 6. The summed E-state index contributed by atoms with van der Waals surface area (Å²) in [4.78, 5) is 11.0. The minimum absolute atomic E-state index is 0.361. The lowest BCUT2D eigenvalue weighted by Crippen LogP contribution is -2.53. The molecule has 2 bridgehead atoms. The molecule has 4 aliphatic rings. The monoisotopic (exact) mass is 524 g/mol. The van der Waals surface area contributed by atoms with Crippen LogP contribution in [-0.4, -0.2) is 71.8 Å². The maximum atomic E-state index is 11.8. The van der Waals surface area contributed by atoms with Crippen LogP contribution < -0.4 is 0 Å². The van der Waals surface area contributed by atoms with Gasteiger partial charge in [-0.15, -0.1) is 0 Å². The first-order valence-corrected chi connectivity index (χ1v) is 16.5. The van der Waals surface area contributed by atoms with E-state index in [4.69, 9.17) is 4.98 Å². The Morgan fingerprint density at radius 1 is 0.919 bits per heavy atom. The van der Waals surface area contributed by atoms with Crippen LogP contribution in [0.4, 0.5) is 0 Å². The molecule has 2 aromatic rings. The molecular weight excluding hydrogens is 480 g/mol. The van der Waals surface area contributed by atoms with Crippen molar-refractivity contribution in [2.24, 2.45) is 17.8 Å². The Kier molecular flexibility index (Phi) is 7.00. The molecule has 0 radical (unpaired) electrons. The highest BCUT2D eigenvalue weighted by Crippen LogP contribution is 2.40. The largest absolute Gasteiger partial charge is 0.334 e. The molecule has 0 spiro atoms.